The van der Waals surface area contributed by atoms with Crippen molar-refractivity contribution in [1.29, 1.82) is 0 Å². The molecule has 0 aromatic heterocycles. The second kappa shape index (κ2) is 6.20. The Labute approximate surface area is 115 Å². The fourth-order valence-corrected chi connectivity index (χ4v) is 2.62. The van der Waals surface area contributed by atoms with Crippen molar-refractivity contribution in [3.8, 4) is 0 Å². The maximum atomic E-state index is 12.0. The number of hydrogen-bond acceptors (Lipinski definition) is 2. The van der Waals surface area contributed by atoms with E-state index in [0.717, 1.165) is 25.8 Å². The van der Waals surface area contributed by atoms with Crippen LogP contribution in [0.5, 0.6) is 0 Å². The summed E-state index contributed by atoms with van der Waals surface area (Å²) in [6.45, 7) is 2.94. The van der Waals surface area contributed by atoms with Crippen molar-refractivity contribution in [2.24, 2.45) is 11.7 Å². The van der Waals surface area contributed by atoms with E-state index in [1.54, 1.807) is 0 Å². The van der Waals surface area contributed by atoms with Gasteiger partial charge in [0, 0.05) is 26.1 Å². The Kier molecular flexibility index (Phi) is 4.59. The molecule has 3 heteroatoms. The van der Waals surface area contributed by atoms with Crippen LogP contribution >= 0.6 is 0 Å². The van der Waals surface area contributed by atoms with Gasteiger partial charge in [-0.25, -0.2) is 0 Å². The summed E-state index contributed by atoms with van der Waals surface area (Å²) in [5.41, 5.74) is 8.26. The van der Waals surface area contributed by atoms with E-state index in [-0.39, 0.29) is 5.91 Å². The molecular formula is C16H24N2O. The number of hydrogen-bond donors (Lipinski definition) is 1. The summed E-state index contributed by atoms with van der Waals surface area (Å²) in [5.74, 6) is 0.851. The highest BCUT2D eigenvalue weighted by Crippen LogP contribution is 2.26. The van der Waals surface area contributed by atoms with Crippen LogP contribution in [-0.4, -0.2) is 30.4 Å². The van der Waals surface area contributed by atoms with Crippen molar-refractivity contribution in [1.82, 2.24) is 4.90 Å². The normalized spacial score (nSPS) is 21.8. The number of carbonyl (C=O) groups is 1. The van der Waals surface area contributed by atoms with Crippen LogP contribution < -0.4 is 5.73 Å². The van der Waals surface area contributed by atoms with Gasteiger partial charge in [-0.15, -0.1) is 0 Å². The predicted octanol–water partition coefficient (Wildman–Crippen LogP) is 2.12. The molecule has 3 nitrogen and oxygen atoms in total. The molecular weight excluding hydrogens is 236 g/mol. The van der Waals surface area contributed by atoms with Crippen LogP contribution in [0.3, 0.4) is 0 Å². The van der Waals surface area contributed by atoms with E-state index in [2.05, 4.69) is 31.2 Å². The molecule has 0 spiro atoms. The number of amides is 1. The van der Waals surface area contributed by atoms with Crippen molar-refractivity contribution in [2.45, 2.75) is 38.6 Å². The van der Waals surface area contributed by atoms with Gasteiger partial charge in [0.15, 0.2) is 0 Å². The first-order valence-corrected chi connectivity index (χ1v) is 7.09. The Morgan fingerprint density at radius 1 is 1.32 bits per heavy atom. The summed E-state index contributed by atoms with van der Waals surface area (Å²) in [4.78, 5) is 13.9. The van der Waals surface area contributed by atoms with E-state index in [1.807, 2.05) is 11.9 Å². The molecule has 0 heterocycles. The van der Waals surface area contributed by atoms with E-state index in [4.69, 9.17) is 5.73 Å². The van der Waals surface area contributed by atoms with Crippen molar-refractivity contribution in [2.75, 3.05) is 13.6 Å². The molecule has 1 aromatic rings. The fraction of sp³-hybridized carbons (Fsp3) is 0.562. The zero-order chi connectivity index (χ0) is 13.8. The lowest BCUT2D eigenvalue weighted by atomic mass is 9.80. The number of carbonyl (C=O) groups excluding carboxylic acids is 1. The average Bonchev–Trinajstić information content (AvgIpc) is 2.35. The van der Waals surface area contributed by atoms with Gasteiger partial charge in [0.05, 0.1) is 0 Å². The number of aryl methyl sites for hydroxylation is 2. The van der Waals surface area contributed by atoms with Crippen molar-refractivity contribution < 1.29 is 4.79 Å². The molecule has 0 unspecified atom stereocenters. The van der Waals surface area contributed by atoms with Gasteiger partial charge in [-0.05, 0) is 37.7 Å². The van der Waals surface area contributed by atoms with Gasteiger partial charge in [0.25, 0.3) is 0 Å². The SMILES string of the molecule is Cc1ccc(CCC(=O)N(C)CC2CC(N)C2)cc1. The highest BCUT2D eigenvalue weighted by Gasteiger charge is 2.27. The summed E-state index contributed by atoms with van der Waals surface area (Å²) >= 11 is 0. The van der Waals surface area contributed by atoms with Crippen LogP contribution in [0.1, 0.15) is 30.4 Å². The molecule has 104 valence electrons. The predicted molar refractivity (Wildman–Crippen MR) is 77.8 cm³/mol. The quantitative estimate of drug-likeness (QED) is 0.881. The molecule has 0 atom stereocenters. The fourth-order valence-electron chi connectivity index (χ4n) is 2.62. The zero-order valence-electron chi connectivity index (χ0n) is 11.9. The minimum atomic E-state index is 0.237. The van der Waals surface area contributed by atoms with Gasteiger partial charge in [-0.1, -0.05) is 29.8 Å². The lowest BCUT2D eigenvalue weighted by Gasteiger charge is -2.35. The van der Waals surface area contributed by atoms with Crippen molar-refractivity contribution in [3.05, 3.63) is 35.4 Å². The Morgan fingerprint density at radius 2 is 1.95 bits per heavy atom. The van der Waals surface area contributed by atoms with Crippen LogP contribution in [0.2, 0.25) is 0 Å². The third kappa shape index (κ3) is 4.06. The minimum Gasteiger partial charge on any atom is -0.345 e. The first-order chi connectivity index (χ1) is 9.04. The lowest BCUT2D eigenvalue weighted by Crippen LogP contribution is -2.43. The molecule has 2 N–H and O–H groups in total. The van der Waals surface area contributed by atoms with Crippen LogP contribution in [0, 0.1) is 12.8 Å². The number of nitrogens with two attached hydrogens (primary N) is 1. The Balaban J connectivity index is 1.72. The summed E-state index contributed by atoms with van der Waals surface area (Å²) in [6, 6.07) is 8.76. The molecule has 0 radical (unpaired) electrons. The first kappa shape index (κ1) is 14.1. The molecule has 2 rings (SSSR count). The third-order valence-corrected chi connectivity index (χ3v) is 3.98. The van der Waals surface area contributed by atoms with E-state index >= 15 is 0 Å². The van der Waals surface area contributed by atoms with Crippen LogP contribution in [-0.2, 0) is 11.2 Å². The highest BCUT2D eigenvalue weighted by molar-refractivity contribution is 5.76. The van der Waals surface area contributed by atoms with Crippen molar-refractivity contribution in [3.63, 3.8) is 0 Å². The molecule has 1 aliphatic carbocycles. The van der Waals surface area contributed by atoms with Crippen LogP contribution in [0.4, 0.5) is 0 Å². The van der Waals surface area contributed by atoms with Gasteiger partial charge in [-0.2, -0.15) is 0 Å². The van der Waals surface area contributed by atoms with E-state index in [9.17, 15) is 4.79 Å². The molecule has 1 fully saturated rings. The van der Waals surface area contributed by atoms with Gasteiger partial charge in [0.2, 0.25) is 5.91 Å². The molecule has 1 amide bonds. The summed E-state index contributed by atoms with van der Waals surface area (Å²) in [5, 5.41) is 0. The average molecular weight is 260 g/mol. The molecule has 1 saturated carbocycles. The van der Waals surface area contributed by atoms with E-state index < -0.39 is 0 Å². The largest absolute Gasteiger partial charge is 0.345 e. The first-order valence-electron chi connectivity index (χ1n) is 7.09. The van der Waals surface area contributed by atoms with Crippen LogP contribution in [0.25, 0.3) is 0 Å². The van der Waals surface area contributed by atoms with Crippen molar-refractivity contribution >= 4 is 5.91 Å². The Morgan fingerprint density at radius 3 is 2.53 bits per heavy atom. The monoisotopic (exact) mass is 260 g/mol. The van der Waals surface area contributed by atoms with Gasteiger partial charge < -0.3 is 10.6 Å². The summed E-state index contributed by atoms with van der Waals surface area (Å²) < 4.78 is 0. The van der Waals surface area contributed by atoms with Gasteiger partial charge >= 0.3 is 0 Å². The molecule has 1 aromatic carbocycles. The summed E-state index contributed by atoms with van der Waals surface area (Å²) in [6.07, 6.45) is 3.55. The highest BCUT2D eigenvalue weighted by atomic mass is 16.2. The third-order valence-electron chi connectivity index (χ3n) is 3.98. The molecule has 1 aliphatic rings. The maximum Gasteiger partial charge on any atom is 0.222 e. The number of nitrogens with zero attached hydrogens (tertiary/aromatic N) is 1. The molecule has 0 aliphatic heterocycles. The number of benzene rings is 1. The smallest absolute Gasteiger partial charge is 0.222 e. The van der Waals surface area contributed by atoms with Gasteiger partial charge in [0.1, 0.15) is 0 Å². The standard InChI is InChI=1S/C16H24N2O/c1-12-3-5-13(6-4-12)7-8-16(19)18(2)11-14-9-15(17)10-14/h3-6,14-15H,7-11,17H2,1-2H3. The van der Waals surface area contributed by atoms with E-state index in [1.165, 1.54) is 11.1 Å². The van der Waals surface area contributed by atoms with E-state index in [0.29, 0.717) is 18.4 Å². The topological polar surface area (TPSA) is 46.3 Å². The summed E-state index contributed by atoms with van der Waals surface area (Å²) in [7, 11) is 1.90. The second-order valence-electron chi connectivity index (χ2n) is 5.86. The Hall–Kier alpha value is -1.35. The van der Waals surface area contributed by atoms with Crippen LogP contribution in [0.15, 0.2) is 24.3 Å². The minimum absolute atomic E-state index is 0.237. The van der Waals surface area contributed by atoms with Gasteiger partial charge in [-0.3, -0.25) is 4.79 Å². The lowest BCUT2D eigenvalue weighted by molar-refractivity contribution is -0.130. The number of rotatable bonds is 5. The molecule has 19 heavy (non-hydrogen) atoms. The maximum absolute atomic E-state index is 12.0. The molecule has 0 bridgehead atoms. The zero-order valence-corrected chi connectivity index (χ0v) is 11.9. The second-order valence-corrected chi connectivity index (χ2v) is 5.86. The Bertz CT molecular complexity index is 421. The molecule has 0 saturated heterocycles.